The van der Waals surface area contributed by atoms with Crippen molar-refractivity contribution in [2.45, 2.75) is 33.4 Å². The number of halogens is 1. The zero-order valence-corrected chi connectivity index (χ0v) is 19.1. The van der Waals surface area contributed by atoms with Crippen LogP contribution in [-0.4, -0.2) is 68.1 Å². The van der Waals surface area contributed by atoms with Gasteiger partial charge in [0.05, 0.1) is 6.54 Å². The number of guanidine groups is 1. The molecule has 5 nitrogen and oxygen atoms in total. The molecule has 2 N–H and O–H groups in total. The van der Waals surface area contributed by atoms with Crippen LogP contribution in [0.2, 0.25) is 0 Å². The molecule has 0 spiro atoms. The highest BCUT2D eigenvalue weighted by Gasteiger charge is 2.24. The fourth-order valence-electron chi connectivity index (χ4n) is 3.04. The van der Waals surface area contributed by atoms with E-state index >= 15 is 0 Å². The molecule has 0 amide bonds. The molecule has 1 atom stereocenters. The third-order valence-corrected chi connectivity index (χ3v) is 5.43. The molecule has 1 aliphatic heterocycles. The Balaban J connectivity index is 0.00000312. The molecule has 1 aromatic rings. The number of rotatable bonds is 7. The molecule has 7 heteroatoms. The van der Waals surface area contributed by atoms with Crippen LogP contribution in [0.5, 0.6) is 0 Å². The van der Waals surface area contributed by atoms with Gasteiger partial charge < -0.3 is 15.5 Å². The largest absolute Gasteiger partial charge is 0.357 e. The average Bonchev–Trinajstić information content (AvgIpc) is 3.07. The van der Waals surface area contributed by atoms with Crippen LogP contribution in [0.25, 0.3) is 0 Å². The molecule has 0 bridgehead atoms. The van der Waals surface area contributed by atoms with Crippen LogP contribution in [0.1, 0.15) is 25.6 Å². The van der Waals surface area contributed by atoms with E-state index in [1.54, 1.807) is 11.3 Å². The van der Waals surface area contributed by atoms with Gasteiger partial charge in [0.25, 0.3) is 0 Å². The van der Waals surface area contributed by atoms with Crippen molar-refractivity contribution in [2.75, 3.05) is 46.3 Å². The molecule has 0 radical (unpaired) electrons. The second-order valence-corrected chi connectivity index (χ2v) is 7.84. The Morgan fingerprint density at radius 1 is 1.24 bits per heavy atom. The molecule has 25 heavy (non-hydrogen) atoms. The number of aliphatic imine (C=N–C) groups is 1. The minimum absolute atomic E-state index is 0. The van der Waals surface area contributed by atoms with Crippen LogP contribution in [-0.2, 0) is 6.54 Å². The highest BCUT2D eigenvalue weighted by Crippen LogP contribution is 2.13. The second kappa shape index (κ2) is 12.1. The summed E-state index contributed by atoms with van der Waals surface area (Å²) in [7, 11) is 2.21. The van der Waals surface area contributed by atoms with Gasteiger partial charge in [0, 0.05) is 50.2 Å². The molecule has 0 saturated carbocycles. The number of hydrogen-bond donors (Lipinski definition) is 2. The van der Waals surface area contributed by atoms with Crippen LogP contribution < -0.4 is 10.6 Å². The Morgan fingerprint density at radius 2 is 1.96 bits per heavy atom. The fraction of sp³-hybridized carbons (Fsp3) is 0.722. The summed E-state index contributed by atoms with van der Waals surface area (Å²) < 4.78 is 0. The predicted molar refractivity (Wildman–Crippen MR) is 120 cm³/mol. The van der Waals surface area contributed by atoms with Crippen LogP contribution in [0, 0.1) is 5.92 Å². The maximum Gasteiger partial charge on any atom is 0.191 e. The van der Waals surface area contributed by atoms with E-state index in [4.69, 9.17) is 4.99 Å². The molecule has 2 rings (SSSR count). The lowest BCUT2D eigenvalue weighted by molar-refractivity contribution is 0.0900. The summed E-state index contributed by atoms with van der Waals surface area (Å²) >= 11 is 1.76. The van der Waals surface area contributed by atoms with E-state index in [1.807, 2.05) is 0 Å². The van der Waals surface area contributed by atoms with Crippen molar-refractivity contribution < 1.29 is 0 Å². The van der Waals surface area contributed by atoms with Gasteiger partial charge in [-0.15, -0.1) is 35.3 Å². The molecule has 1 saturated heterocycles. The minimum Gasteiger partial charge on any atom is -0.357 e. The minimum atomic E-state index is 0. The normalized spacial score (nSPS) is 18.0. The van der Waals surface area contributed by atoms with E-state index in [-0.39, 0.29) is 24.0 Å². The summed E-state index contributed by atoms with van der Waals surface area (Å²) in [5, 5.41) is 9.03. The smallest absolute Gasteiger partial charge is 0.191 e. The molecule has 1 unspecified atom stereocenters. The van der Waals surface area contributed by atoms with Gasteiger partial charge in [0.2, 0.25) is 0 Å². The van der Waals surface area contributed by atoms with Gasteiger partial charge in [0.1, 0.15) is 0 Å². The van der Waals surface area contributed by atoms with E-state index in [1.165, 1.54) is 4.88 Å². The number of piperazine rings is 1. The van der Waals surface area contributed by atoms with Crippen molar-refractivity contribution in [3.63, 3.8) is 0 Å². The topological polar surface area (TPSA) is 42.9 Å². The Hall–Kier alpha value is -0.380. The van der Waals surface area contributed by atoms with Crippen molar-refractivity contribution in [2.24, 2.45) is 10.9 Å². The second-order valence-electron chi connectivity index (χ2n) is 6.81. The van der Waals surface area contributed by atoms with Crippen molar-refractivity contribution >= 4 is 41.3 Å². The number of nitrogens with zero attached hydrogens (tertiary/aromatic N) is 3. The van der Waals surface area contributed by atoms with Crippen molar-refractivity contribution in [1.82, 2.24) is 20.4 Å². The maximum atomic E-state index is 4.72. The van der Waals surface area contributed by atoms with E-state index in [0.717, 1.165) is 51.8 Å². The van der Waals surface area contributed by atoms with Crippen LogP contribution >= 0.6 is 35.3 Å². The molecule has 0 aromatic carbocycles. The Bertz CT molecular complexity index is 484. The average molecular weight is 479 g/mol. The molecule has 144 valence electrons. The van der Waals surface area contributed by atoms with Gasteiger partial charge in [-0.25, -0.2) is 4.99 Å². The van der Waals surface area contributed by atoms with E-state index in [2.05, 4.69) is 65.8 Å². The third kappa shape index (κ3) is 7.80. The van der Waals surface area contributed by atoms with Gasteiger partial charge in [0.15, 0.2) is 5.96 Å². The van der Waals surface area contributed by atoms with E-state index in [9.17, 15) is 0 Å². The van der Waals surface area contributed by atoms with Crippen LogP contribution in [0.3, 0.4) is 0 Å². The zero-order chi connectivity index (χ0) is 17.4. The van der Waals surface area contributed by atoms with E-state index < -0.39 is 0 Å². The highest BCUT2D eigenvalue weighted by atomic mass is 127. The van der Waals surface area contributed by atoms with Gasteiger partial charge in [-0.3, -0.25) is 4.90 Å². The number of thiophene rings is 1. The summed E-state index contributed by atoms with van der Waals surface area (Å²) in [6.07, 6.45) is 0. The number of likely N-dealkylation sites (N-methyl/N-ethyl adjacent to an activating group) is 1. The van der Waals surface area contributed by atoms with E-state index in [0.29, 0.717) is 12.0 Å². The molecule has 1 aliphatic rings. The SMILES string of the molecule is CCNC(=NCc1cccs1)NCC(C(C)C)N1CCN(C)CC1.I. The number of nitrogens with one attached hydrogen (secondary N) is 2. The first-order chi connectivity index (χ1) is 11.6. The Morgan fingerprint density at radius 3 is 2.52 bits per heavy atom. The summed E-state index contributed by atoms with van der Waals surface area (Å²) in [6.45, 7) is 14.0. The summed E-state index contributed by atoms with van der Waals surface area (Å²) in [6, 6.07) is 4.76. The quantitative estimate of drug-likeness (QED) is 0.359. The Kier molecular flexibility index (Phi) is 11.0. The zero-order valence-electron chi connectivity index (χ0n) is 16.0. The molecule has 1 aromatic heterocycles. The lowest BCUT2D eigenvalue weighted by Crippen LogP contribution is -2.55. The van der Waals surface area contributed by atoms with Gasteiger partial charge in [-0.05, 0) is 31.3 Å². The summed E-state index contributed by atoms with van der Waals surface area (Å²) in [5.41, 5.74) is 0. The molecular weight excluding hydrogens is 445 g/mol. The molecular formula is C18H34IN5S. The van der Waals surface area contributed by atoms with Crippen molar-refractivity contribution in [1.29, 1.82) is 0 Å². The third-order valence-electron chi connectivity index (χ3n) is 4.57. The van der Waals surface area contributed by atoms with Gasteiger partial charge in [-0.1, -0.05) is 19.9 Å². The molecule has 0 aliphatic carbocycles. The van der Waals surface area contributed by atoms with Crippen molar-refractivity contribution in [3.8, 4) is 0 Å². The summed E-state index contributed by atoms with van der Waals surface area (Å²) in [5.74, 6) is 1.55. The lowest BCUT2D eigenvalue weighted by atomic mass is 10.0. The van der Waals surface area contributed by atoms with Crippen LogP contribution in [0.15, 0.2) is 22.5 Å². The highest BCUT2D eigenvalue weighted by molar-refractivity contribution is 14.0. The Labute approximate surface area is 174 Å². The summed E-state index contributed by atoms with van der Waals surface area (Å²) in [4.78, 5) is 11.1. The standard InChI is InChI=1S/C18H33N5S.HI/c1-5-19-18(20-13-16-7-6-12-24-16)21-14-17(15(2)3)23-10-8-22(4)9-11-23;/h6-7,12,15,17H,5,8-11,13-14H2,1-4H3,(H2,19,20,21);1H. The van der Waals surface area contributed by atoms with Crippen LogP contribution in [0.4, 0.5) is 0 Å². The van der Waals surface area contributed by atoms with Gasteiger partial charge in [-0.2, -0.15) is 0 Å². The predicted octanol–water partition coefficient (Wildman–Crippen LogP) is 2.69. The maximum absolute atomic E-state index is 4.72. The first-order valence-electron chi connectivity index (χ1n) is 9.07. The van der Waals surface area contributed by atoms with Crippen molar-refractivity contribution in [3.05, 3.63) is 22.4 Å². The van der Waals surface area contributed by atoms with Gasteiger partial charge >= 0.3 is 0 Å². The fourth-order valence-corrected chi connectivity index (χ4v) is 3.67. The first-order valence-corrected chi connectivity index (χ1v) is 9.95. The lowest BCUT2D eigenvalue weighted by Gasteiger charge is -2.40. The first kappa shape index (κ1) is 22.7. The molecule has 2 heterocycles. The molecule has 1 fully saturated rings. The number of hydrogen-bond acceptors (Lipinski definition) is 4. The monoisotopic (exact) mass is 479 g/mol.